The van der Waals surface area contributed by atoms with E-state index in [0.717, 1.165) is 13.1 Å². The monoisotopic (exact) mass is 117 g/mol. The lowest BCUT2D eigenvalue weighted by atomic mass is 10.6. The predicted octanol–water partition coefficient (Wildman–Crippen LogP) is -0.728. The fraction of sp³-hybridized carbons (Fsp3) is 1.00. The summed E-state index contributed by atoms with van der Waals surface area (Å²) < 4.78 is 0. The van der Waals surface area contributed by atoms with Crippen LogP contribution in [0.3, 0.4) is 0 Å². The minimum absolute atomic E-state index is 0.990. The Morgan fingerprint density at radius 2 is 2.00 bits per heavy atom. The van der Waals surface area contributed by atoms with Gasteiger partial charge in [-0.3, -0.25) is 10.9 Å². The van der Waals surface area contributed by atoms with E-state index in [4.69, 9.17) is 0 Å². The zero-order valence-electron chi connectivity index (χ0n) is 5.86. The highest BCUT2D eigenvalue weighted by Crippen LogP contribution is 1.66. The molecule has 0 aliphatic heterocycles. The second-order valence-corrected chi connectivity index (χ2v) is 1.98. The Labute approximate surface area is 51.0 Å². The maximum atomic E-state index is 2.99. The predicted molar refractivity (Wildman–Crippen MR) is 35.6 cm³/mol. The van der Waals surface area contributed by atoms with Crippen molar-refractivity contribution in [3.8, 4) is 0 Å². The molecule has 0 heterocycles. The molecule has 0 bridgehead atoms. The summed E-state index contributed by atoms with van der Waals surface area (Å²) in [4.78, 5) is 2.13. The SMILES string of the molecule is CNNCCN(C)C. The van der Waals surface area contributed by atoms with Crippen LogP contribution < -0.4 is 10.9 Å². The number of hydrazine groups is 1. The Hall–Kier alpha value is -0.120. The van der Waals surface area contributed by atoms with Crippen molar-refractivity contribution in [2.45, 2.75) is 0 Å². The molecule has 8 heavy (non-hydrogen) atoms. The van der Waals surface area contributed by atoms with Gasteiger partial charge in [-0.05, 0) is 21.1 Å². The molecular formula is C5H15N3. The summed E-state index contributed by atoms with van der Waals surface area (Å²) >= 11 is 0. The van der Waals surface area contributed by atoms with Crippen LogP contribution in [-0.4, -0.2) is 39.1 Å². The van der Waals surface area contributed by atoms with Gasteiger partial charge in [-0.2, -0.15) is 0 Å². The molecule has 0 atom stereocenters. The summed E-state index contributed by atoms with van der Waals surface area (Å²) in [6.07, 6.45) is 0. The highest BCUT2D eigenvalue weighted by Gasteiger charge is 1.84. The number of hydrogen-bond acceptors (Lipinski definition) is 3. The van der Waals surface area contributed by atoms with Crippen molar-refractivity contribution in [2.24, 2.45) is 0 Å². The molecule has 0 aromatic carbocycles. The van der Waals surface area contributed by atoms with Crippen molar-refractivity contribution in [3.63, 3.8) is 0 Å². The van der Waals surface area contributed by atoms with Gasteiger partial charge < -0.3 is 4.90 Å². The summed E-state index contributed by atoms with van der Waals surface area (Å²) in [5, 5.41) is 0. The lowest BCUT2D eigenvalue weighted by molar-refractivity contribution is 0.390. The molecule has 0 spiro atoms. The Balaban J connectivity index is 2.72. The van der Waals surface area contributed by atoms with E-state index < -0.39 is 0 Å². The molecule has 0 unspecified atom stereocenters. The molecule has 0 aromatic heterocycles. The van der Waals surface area contributed by atoms with Gasteiger partial charge in [-0.25, -0.2) is 0 Å². The van der Waals surface area contributed by atoms with Gasteiger partial charge in [-0.1, -0.05) is 0 Å². The fourth-order valence-corrected chi connectivity index (χ4v) is 0.405. The first-order valence-electron chi connectivity index (χ1n) is 2.81. The average Bonchev–Trinajstić information content (AvgIpc) is 1.66. The summed E-state index contributed by atoms with van der Waals surface area (Å²) in [6.45, 7) is 2.06. The maximum Gasteiger partial charge on any atom is 0.0227 e. The van der Waals surface area contributed by atoms with Crippen LogP contribution in [0, 0.1) is 0 Å². The number of hydrogen-bond donors (Lipinski definition) is 2. The summed E-state index contributed by atoms with van der Waals surface area (Å²) in [5.41, 5.74) is 5.83. The van der Waals surface area contributed by atoms with Crippen molar-refractivity contribution in [2.75, 3.05) is 34.2 Å². The van der Waals surface area contributed by atoms with Crippen molar-refractivity contribution in [3.05, 3.63) is 0 Å². The van der Waals surface area contributed by atoms with Crippen LogP contribution in [0.2, 0.25) is 0 Å². The van der Waals surface area contributed by atoms with Crippen molar-refractivity contribution in [1.82, 2.24) is 15.8 Å². The highest BCUT2D eigenvalue weighted by atomic mass is 15.3. The maximum absolute atomic E-state index is 2.99. The summed E-state index contributed by atoms with van der Waals surface area (Å²) in [6, 6.07) is 0. The molecule has 0 fully saturated rings. The molecule has 3 nitrogen and oxygen atoms in total. The molecule has 0 radical (unpaired) electrons. The second-order valence-electron chi connectivity index (χ2n) is 1.98. The van der Waals surface area contributed by atoms with E-state index in [-0.39, 0.29) is 0 Å². The Bertz CT molecular complexity index is 44.9. The highest BCUT2D eigenvalue weighted by molar-refractivity contribution is 4.42. The van der Waals surface area contributed by atoms with Crippen LogP contribution in [0.5, 0.6) is 0 Å². The lowest BCUT2D eigenvalue weighted by Crippen LogP contribution is -2.34. The van der Waals surface area contributed by atoms with Crippen LogP contribution in [0.15, 0.2) is 0 Å². The largest absolute Gasteiger partial charge is 0.308 e. The van der Waals surface area contributed by atoms with E-state index >= 15 is 0 Å². The van der Waals surface area contributed by atoms with Crippen LogP contribution in [0.25, 0.3) is 0 Å². The molecule has 0 amide bonds. The van der Waals surface area contributed by atoms with E-state index in [2.05, 4.69) is 29.8 Å². The average molecular weight is 117 g/mol. The standard InChI is InChI=1S/C5H15N3/c1-6-7-4-5-8(2)3/h6-7H,4-5H2,1-3H3. The Morgan fingerprint density at radius 1 is 1.38 bits per heavy atom. The molecule has 0 aliphatic rings. The third kappa shape index (κ3) is 5.88. The topological polar surface area (TPSA) is 27.3 Å². The van der Waals surface area contributed by atoms with Crippen molar-refractivity contribution >= 4 is 0 Å². The van der Waals surface area contributed by atoms with Crippen LogP contribution >= 0.6 is 0 Å². The molecule has 0 saturated carbocycles. The first-order chi connectivity index (χ1) is 3.77. The molecule has 0 aliphatic carbocycles. The molecule has 2 N–H and O–H groups in total. The smallest absolute Gasteiger partial charge is 0.0227 e. The summed E-state index contributed by atoms with van der Waals surface area (Å²) in [5.74, 6) is 0. The zero-order valence-corrected chi connectivity index (χ0v) is 5.86. The Morgan fingerprint density at radius 3 is 2.38 bits per heavy atom. The quantitative estimate of drug-likeness (QED) is 0.375. The van der Waals surface area contributed by atoms with Crippen molar-refractivity contribution in [1.29, 1.82) is 0 Å². The van der Waals surface area contributed by atoms with Crippen LogP contribution in [0.1, 0.15) is 0 Å². The molecule has 50 valence electrons. The first kappa shape index (κ1) is 7.88. The Kier molecular flexibility index (Phi) is 4.95. The lowest BCUT2D eigenvalue weighted by Gasteiger charge is -2.08. The van der Waals surface area contributed by atoms with E-state index in [9.17, 15) is 0 Å². The van der Waals surface area contributed by atoms with Crippen LogP contribution in [-0.2, 0) is 0 Å². The van der Waals surface area contributed by atoms with Crippen molar-refractivity contribution < 1.29 is 0 Å². The first-order valence-corrected chi connectivity index (χ1v) is 2.81. The van der Waals surface area contributed by atoms with Gasteiger partial charge in [0.2, 0.25) is 0 Å². The summed E-state index contributed by atoms with van der Waals surface area (Å²) in [7, 11) is 5.98. The number of likely N-dealkylation sites (N-methyl/N-ethyl adjacent to an activating group) is 1. The van der Waals surface area contributed by atoms with Gasteiger partial charge in [0, 0.05) is 13.1 Å². The van der Waals surface area contributed by atoms with E-state index in [0.29, 0.717) is 0 Å². The normalized spacial score (nSPS) is 10.5. The number of rotatable bonds is 4. The molecule has 0 aromatic rings. The van der Waals surface area contributed by atoms with E-state index in [1.54, 1.807) is 0 Å². The third-order valence-electron chi connectivity index (χ3n) is 0.861. The third-order valence-corrected chi connectivity index (χ3v) is 0.861. The van der Waals surface area contributed by atoms with Gasteiger partial charge in [0.05, 0.1) is 0 Å². The van der Waals surface area contributed by atoms with Gasteiger partial charge >= 0.3 is 0 Å². The molecular weight excluding hydrogens is 102 g/mol. The van der Waals surface area contributed by atoms with Gasteiger partial charge in [-0.15, -0.1) is 0 Å². The molecule has 0 saturated heterocycles. The number of nitrogens with zero attached hydrogens (tertiary/aromatic N) is 1. The van der Waals surface area contributed by atoms with Crippen LogP contribution in [0.4, 0.5) is 0 Å². The molecule has 3 heteroatoms. The van der Waals surface area contributed by atoms with E-state index in [1.807, 2.05) is 7.05 Å². The minimum atomic E-state index is 0.990. The fourth-order valence-electron chi connectivity index (χ4n) is 0.405. The molecule has 0 rings (SSSR count). The van der Waals surface area contributed by atoms with Gasteiger partial charge in [0.15, 0.2) is 0 Å². The van der Waals surface area contributed by atoms with Gasteiger partial charge in [0.1, 0.15) is 0 Å². The number of nitrogens with one attached hydrogen (secondary N) is 2. The minimum Gasteiger partial charge on any atom is -0.308 e. The second kappa shape index (κ2) is 5.03. The zero-order chi connectivity index (χ0) is 6.41. The van der Waals surface area contributed by atoms with Gasteiger partial charge in [0.25, 0.3) is 0 Å². The van der Waals surface area contributed by atoms with E-state index in [1.165, 1.54) is 0 Å².